The molecule has 0 aromatic heterocycles. The quantitative estimate of drug-likeness (QED) is 0.672. The summed E-state index contributed by atoms with van der Waals surface area (Å²) in [6.45, 7) is 10.8. The lowest BCUT2D eigenvalue weighted by molar-refractivity contribution is 0.117. The van der Waals surface area contributed by atoms with E-state index in [-0.39, 0.29) is 0 Å². The lowest BCUT2D eigenvalue weighted by atomic mass is 9.75. The van der Waals surface area contributed by atoms with Gasteiger partial charge in [0.05, 0.1) is 0 Å². The van der Waals surface area contributed by atoms with Crippen LogP contribution < -0.4 is 0 Å². The Morgan fingerprint density at radius 3 is 2.15 bits per heavy atom. The highest BCUT2D eigenvalue weighted by molar-refractivity contribution is 7.80. The van der Waals surface area contributed by atoms with Crippen molar-refractivity contribution >= 4 is 12.6 Å². The summed E-state index contributed by atoms with van der Waals surface area (Å²) >= 11 is 4.27. The molecule has 0 aliphatic carbocycles. The number of piperidine rings is 1. The van der Waals surface area contributed by atoms with Crippen LogP contribution in [0.5, 0.6) is 0 Å². The lowest BCUT2D eigenvalue weighted by Crippen LogP contribution is -2.38. The Labute approximate surface area is 88.3 Å². The Kier molecular flexibility index (Phi) is 4.11. The van der Waals surface area contributed by atoms with Gasteiger partial charge in [-0.05, 0) is 37.3 Å². The van der Waals surface area contributed by atoms with E-state index in [4.69, 9.17) is 0 Å². The average Bonchev–Trinajstić information content (AvgIpc) is 2.04. The highest BCUT2D eigenvalue weighted by atomic mass is 32.1. The topological polar surface area (TPSA) is 3.24 Å². The van der Waals surface area contributed by atoms with Crippen LogP contribution in [0.25, 0.3) is 0 Å². The molecule has 0 aromatic carbocycles. The fourth-order valence-corrected chi connectivity index (χ4v) is 2.45. The van der Waals surface area contributed by atoms with Gasteiger partial charge in [-0.1, -0.05) is 20.8 Å². The van der Waals surface area contributed by atoms with Gasteiger partial charge in [0.2, 0.25) is 0 Å². The van der Waals surface area contributed by atoms with Crippen molar-refractivity contribution in [3.8, 4) is 0 Å². The van der Waals surface area contributed by atoms with Gasteiger partial charge >= 0.3 is 0 Å². The molecule has 1 aliphatic rings. The Bertz CT molecular complexity index is 143. The van der Waals surface area contributed by atoms with Crippen LogP contribution in [0.3, 0.4) is 0 Å². The predicted octanol–water partition coefficient (Wildman–Crippen LogP) is 2.67. The number of thiol groups is 1. The SMILES string of the molecule is CC(C)(C)C1CCN(CCS)CC1. The Morgan fingerprint density at radius 2 is 1.77 bits per heavy atom. The summed E-state index contributed by atoms with van der Waals surface area (Å²) in [5.74, 6) is 1.92. The first-order valence-corrected chi connectivity index (χ1v) is 6.00. The van der Waals surface area contributed by atoms with Crippen molar-refractivity contribution in [1.82, 2.24) is 4.90 Å². The zero-order chi connectivity index (χ0) is 9.90. The van der Waals surface area contributed by atoms with Gasteiger partial charge in [-0.2, -0.15) is 12.6 Å². The van der Waals surface area contributed by atoms with E-state index in [1.54, 1.807) is 0 Å². The Hall–Kier alpha value is 0.310. The van der Waals surface area contributed by atoms with Crippen LogP contribution in [0.4, 0.5) is 0 Å². The molecule has 2 heteroatoms. The van der Waals surface area contributed by atoms with Gasteiger partial charge in [0.15, 0.2) is 0 Å². The van der Waals surface area contributed by atoms with Crippen LogP contribution >= 0.6 is 12.6 Å². The molecule has 0 radical (unpaired) electrons. The monoisotopic (exact) mass is 201 g/mol. The molecule has 0 amide bonds. The van der Waals surface area contributed by atoms with Gasteiger partial charge in [-0.3, -0.25) is 0 Å². The fraction of sp³-hybridized carbons (Fsp3) is 1.00. The molecule has 1 nitrogen and oxygen atoms in total. The molecule has 1 rings (SSSR count). The minimum absolute atomic E-state index is 0.507. The van der Waals surface area contributed by atoms with Gasteiger partial charge in [-0.25, -0.2) is 0 Å². The molecular weight excluding hydrogens is 178 g/mol. The summed E-state index contributed by atoms with van der Waals surface area (Å²) in [7, 11) is 0. The van der Waals surface area contributed by atoms with Gasteiger partial charge in [0, 0.05) is 12.3 Å². The molecule has 1 saturated heterocycles. The summed E-state index contributed by atoms with van der Waals surface area (Å²) in [6, 6.07) is 0. The van der Waals surface area contributed by atoms with Crippen molar-refractivity contribution in [3.63, 3.8) is 0 Å². The summed E-state index contributed by atoms with van der Waals surface area (Å²) in [4.78, 5) is 2.54. The smallest absolute Gasteiger partial charge is 0.00698 e. The molecule has 1 aliphatic heterocycles. The largest absolute Gasteiger partial charge is 0.303 e. The normalized spacial score (nSPS) is 22.2. The van der Waals surface area contributed by atoms with Crippen molar-refractivity contribution in [2.45, 2.75) is 33.6 Å². The molecule has 0 saturated carbocycles. The van der Waals surface area contributed by atoms with E-state index in [2.05, 4.69) is 38.3 Å². The third-order valence-electron chi connectivity index (χ3n) is 3.23. The van der Waals surface area contributed by atoms with E-state index in [9.17, 15) is 0 Å². The molecule has 78 valence electrons. The van der Waals surface area contributed by atoms with Crippen molar-refractivity contribution in [3.05, 3.63) is 0 Å². The Morgan fingerprint density at radius 1 is 1.23 bits per heavy atom. The third kappa shape index (κ3) is 3.51. The van der Waals surface area contributed by atoms with Gasteiger partial charge in [-0.15, -0.1) is 0 Å². The number of nitrogens with zero attached hydrogens (tertiary/aromatic N) is 1. The summed E-state index contributed by atoms with van der Waals surface area (Å²) < 4.78 is 0. The van der Waals surface area contributed by atoms with E-state index < -0.39 is 0 Å². The second kappa shape index (κ2) is 4.70. The molecule has 0 spiro atoms. The lowest BCUT2D eigenvalue weighted by Gasteiger charge is -2.38. The second-order valence-corrected chi connectivity index (χ2v) is 5.65. The zero-order valence-electron chi connectivity index (χ0n) is 9.21. The number of hydrogen-bond acceptors (Lipinski definition) is 2. The second-order valence-electron chi connectivity index (χ2n) is 5.21. The maximum absolute atomic E-state index is 4.27. The van der Waals surface area contributed by atoms with Crippen LogP contribution in [0.15, 0.2) is 0 Å². The van der Waals surface area contributed by atoms with E-state index in [0.29, 0.717) is 5.41 Å². The third-order valence-corrected chi connectivity index (χ3v) is 3.43. The summed E-state index contributed by atoms with van der Waals surface area (Å²) in [5.41, 5.74) is 0.507. The fourth-order valence-electron chi connectivity index (χ4n) is 2.16. The first kappa shape index (κ1) is 11.4. The van der Waals surface area contributed by atoms with Crippen LogP contribution in [-0.4, -0.2) is 30.3 Å². The van der Waals surface area contributed by atoms with E-state index >= 15 is 0 Å². The standard InChI is InChI=1S/C11H23NS/c1-11(2,3)10-4-6-12(7-5-10)8-9-13/h10,13H,4-9H2,1-3H3. The molecular formula is C11H23NS. The van der Waals surface area contributed by atoms with Crippen LogP contribution in [-0.2, 0) is 0 Å². The molecule has 1 heterocycles. The van der Waals surface area contributed by atoms with Gasteiger partial charge in [0.25, 0.3) is 0 Å². The zero-order valence-corrected chi connectivity index (χ0v) is 10.1. The van der Waals surface area contributed by atoms with E-state index in [1.165, 1.54) is 32.5 Å². The molecule has 13 heavy (non-hydrogen) atoms. The van der Waals surface area contributed by atoms with Crippen molar-refractivity contribution < 1.29 is 0 Å². The Balaban J connectivity index is 2.30. The number of hydrogen-bond donors (Lipinski definition) is 1. The van der Waals surface area contributed by atoms with Crippen LogP contribution in [0.2, 0.25) is 0 Å². The molecule has 0 bridgehead atoms. The molecule has 0 atom stereocenters. The van der Waals surface area contributed by atoms with Crippen molar-refractivity contribution in [1.29, 1.82) is 0 Å². The molecule has 1 fully saturated rings. The van der Waals surface area contributed by atoms with Crippen LogP contribution in [0.1, 0.15) is 33.6 Å². The van der Waals surface area contributed by atoms with Crippen molar-refractivity contribution in [2.24, 2.45) is 11.3 Å². The maximum atomic E-state index is 4.27. The highest BCUT2D eigenvalue weighted by Crippen LogP contribution is 2.33. The van der Waals surface area contributed by atoms with Gasteiger partial charge < -0.3 is 4.90 Å². The number of rotatable bonds is 2. The van der Waals surface area contributed by atoms with E-state index in [1.807, 2.05) is 0 Å². The molecule has 0 unspecified atom stereocenters. The highest BCUT2D eigenvalue weighted by Gasteiger charge is 2.28. The molecule has 0 aromatic rings. The van der Waals surface area contributed by atoms with Crippen LogP contribution in [0, 0.1) is 11.3 Å². The predicted molar refractivity (Wildman–Crippen MR) is 62.5 cm³/mol. The number of likely N-dealkylation sites (tertiary alicyclic amines) is 1. The maximum Gasteiger partial charge on any atom is 0.00698 e. The average molecular weight is 201 g/mol. The first-order valence-electron chi connectivity index (χ1n) is 5.37. The van der Waals surface area contributed by atoms with Gasteiger partial charge in [0.1, 0.15) is 0 Å². The molecule has 0 N–H and O–H groups in total. The van der Waals surface area contributed by atoms with E-state index in [0.717, 1.165) is 11.7 Å². The first-order chi connectivity index (χ1) is 6.04. The summed E-state index contributed by atoms with van der Waals surface area (Å²) in [5, 5.41) is 0. The summed E-state index contributed by atoms with van der Waals surface area (Å²) in [6.07, 6.45) is 2.74. The minimum atomic E-state index is 0.507. The van der Waals surface area contributed by atoms with Crippen molar-refractivity contribution in [2.75, 3.05) is 25.4 Å². The minimum Gasteiger partial charge on any atom is -0.303 e.